The number of rotatable bonds is 9. The smallest absolute Gasteiger partial charge is 0.185 e. The van der Waals surface area contributed by atoms with E-state index in [1.54, 1.807) is 0 Å². The molecule has 2 unspecified atom stereocenters. The van der Waals surface area contributed by atoms with Crippen LogP contribution in [0.25, 0.3) is 0 Å². The second-order valence-electron chi connectivity index (χ2n) is 5.59. The molecule has 1 rings (SSSR count). The van der Waals surface area contributed by atoms with E-state index in [1.165, 1.54) is 45.2 Å². The van der Waals surface area contributed by atoms with Crippen LogP contribution in [0.4, 0.5) is 0 Å². The molecule has 1 fully saturated rings. The van der Waals surface area contributed by atoms with Crippen LogP contribution in [0.3, 0.4) is 0 Å². The average Bonchev–Trinajstić information content (AvgIpc) is 2.35. The average molecular weight is 344 g/mol. The van der Waals surface area contributed by atoms with E-state index >= 15 is 0 Å². The zero-order chi connectivity index (χ0) is 14.1. The number of unbranched alkanes of at least 4 members (excludes halogenated alkanes) is 2. The Kier molecular flexibility index (Phi) is 11.9. The maximum absolute atomic E-state index is 5.98. The molecule has 1 saturated heterocycles. The first-order chi connectivity index (χ1) is 9.03. The maximum atomic E-state index is 5.98. The van der Waals surface area contributed by atoms with Gasteiger partial charge in [-0.1, -0.05) is 26.2 Å². The van der Waals surface area contributed by atoms with E-state index in [0.29, 0.717) is 0 Å². The Hall–Kier alpha value is 0.820. The highest BCUT2D eigenvalue weighted by Gasteiger charge is 2.19. The summed E-state index contributed by atoms with van der Waals surface area (Å²) in [5, 5.41) is 0. The van der Waals surface area contributed by atoms with E-state index < -0.39 is 6.49 Å². The lowest BCUT2D eigenvalue weighted by atomic mass is 10.1. The van der Waals surface area contributed by atoms with Gasteiger partial charge in [-0.15, -0.1) is 12.4 Å². The second kappa shape index (κ2) is 11.4. The maximum Gasteiger partial charge on any atom is 0.185 e. The van der Waals surface area contributed by atoms with Crippen molar-refractivity contribution in [1.82, 2.24) is 4.90 Å². The first-order valence-electron chi connectivity index (χ1n) is 7.66. The van der Waals surface area contributed by atoms with Crippen molar-refractivity contribution < 1.29 is 9.05 Å². The third-order valence-corrected chi connectivity index (χ3v) is 5.38. The van der Waals surface area contributed by atoms with E-state index in [-0.39, 0.29) is 18.5 Å². The van der Waals surface area contributed by atoms with Crippen molar-refractivity contribution in [1.29, 1.82) is 0 Å². The first-order valence-corrected chi connectivity index (χ1v) is 10.7. The Labute approximate surface area is 136 Å². The topological polar surface area (TPSA) is 21.7 Å². The minimum Gasteiger partial charge on any atom is -0.329 e. The van der Waals surface area contributed by atoms with Gasteiger partial charge < -0.3 is 13.9 Å². The predicted molar refractivity (Wildman–Crippen MR) is 93.8 cm³/mol. The highest BCUT2D eigenvalue weighted by atomic mass is 35.5. The van der Waals surface area contributed by atoms with E-state index in [9.17, 15) is 0 Å². The van der Waals surface area contributed by atoms with Crippen molar-refractivity contribution in [3.8, 4) is 0 Å². The summed E-state index contributed by atoms with van der Waals surface area (Å²) >= 11 is 5.49. The summed E-state index contributed by atoms with van der Waals surface area (Å²) < 4.78 is 11.8. The number of halogens is 1. The number of hydrogen-bond donors (Lipinski definition) is 0. The van der Waals surface area contributed by atoms with Crippen LogP contribution in [0.2, 0.25) is 0 Å². The van der Waals surface area contributed by atoms with E-state index in [2.05, 4.69) is 18.7 Å². The highest BCUT2D eigenvalue weighted by Crippen LogP contribution is 2.45. The Balaban J connectivity index is 0.00000361. The van der Waals surface area contributed by atoms with Crippen LogP contribution in [-0.2, 0) is 20.9 Å². The van der Waals surface area contributed by atoms with Crippen molar-refractivity contribution in [2.75, 3.05) is 32.9 Å². The minimum atomic E-state index is -2.05. The lowest BCUT2D eigenvalue weighted by molar-refractivity contribution is 0.123. The van der Waals surface area contributed by atoms with Crippen LogP contribution >= 0.6 is 18.9 Å². The molecule has 0 saturated carbocycles. The zero-order valence-electron chi connectivity index (χ0n) is 13.2. The van der Waals surface area contributed by atoms with Crippen molar-refractivity contribution >= 4 is 30.7 Å². The Morgan fingerprint density at radius 3 is 2.45 bits per heavy atom. The van der Waals surface area contributed by atoms with Gasteiger partial charge in [0.25, 0.3) is 0 Å². The van der Waals surface area contributed by atoms with Crippen LogP contribution in [0, 0.1) is 0 Å². The molecule has 0 bridgehead atoms. The standard InChI is InChI=1S/C14H30NO2PS.ClH/c1-4-5-9-12-16-18(3,19)17-14(2)13-15-10-7-6-8-11-15;/h14H,4-13H2,1-3H3;1H. The molecule has 0 aromatic heterocycles. The Morgan fingerprint density at radius 2 is 1.85 bits per heavy atom. The summed E-state index contributed by atoms with van der Waals surface area (Å²) in [6, 6.07) is 0. The predicted octanol–water partition coefficient (Wildman–Crippen LogP) is 4.45. The summed E-state index contributed by atoms with van der Waals surface area (Å²) in [7, 11) is 0. The Morgan fingerprint density at radius 1 is 1.20 bits per heavy atom. The van der Waals surface area contributed by atoms with Crippen molar-refractivity contribution in [2.24, 2.45) is 0 Å². The fraction of sp³-hybridized carbons (Fsp3) is 1.00. The molecule has 0 aromatic carbocycles. The van der Waals surface area contributed by atoms with Gasteiger partial charge in [-0.25, -0.2) is 0 Å². The summed E-state index contributed by atoms with van der Waals surface area (Å²) in [6.07, 6.45) is 7.70. The Bertz CT molecular complexity index is 288. The molecular formula is C14H31ClNO2PS. The summed E-state index contributed by atoms with van der Waals surface area (Å²) in [6.45, 7) is 8.37. The third-order valence-electron chi connectivity index (χ3n) is 3.41. The van der Waals surface area contributed by atoms with Crippen molar-refractivity contribution in [3.05, 3.63) is 0 Å². The molecule has 1 aliphatic rings. The van der Waals surface area contributed by atoms with E-state index in [4.69, 9.17) is 20.9 Å². The number of likely N-dealkylation sites (tertiary alicyclic amines) is 1. The number of nitrogens with zero attached hydrogens (tertiary/aromatic N) is 1. The molecule has 0 radical (unpaired) electrons. The molecule has 3 nitrogen and oxygen atoms in total. The lowest BCUT2D eigenvalue weighted by Gasteiger charge is -2.30. The minimum absolute atomic E-state index is 0. The molecule has 2 atom stereocenters. The molecule has 0 amide bonds. The van der Waals surface area contributed by atoms with Gasteiger partial charge >= 0.3 is 0 Å². The number of hydrogen-bond acceptors (Lipinski definition) is 4. The fourth-order valence-corrected chi connectivity index (χ4v) is 4.39. The summed E-state index contributed by atoms with van der Waals surface area (Å²) in [5.41, 5.74) is 0. The van der Waals surface area contributed by atoms with Gasteiger partial charge in [0.2, 0.25) is 0 Å². The van der Waals surface area contributed by atoms with Crippen LogP contribution in [0.5, 0.6) is 0 Å². The second-order valence-corrected chi connectivity index (χ2v) is 9.59. The van der Waals surface area contributed by atoms with Crippen LogP contribution in [0.15, 0.2) is 0 Å². The van der Waals surface area contributed by atoms with Gasteiger partial charge in [0.15, 0.2) is 6.49 Å². The monoisotopic (exact) mass is 343 g/mol. The summed E-state index contributed by atoms with van der Waals surface area (Å²) in [4.78, 5) is 2.49. The molecule has 0 aliphatic carbocycles. The summed E-state index contributed by atoms with van der Waals surface area (Å²) in [5.74, 6) is 0. The molecule has 1 aliphatic heterocycles. The normalized spacial score (nSPS) is 20.9. The molecule has 0 N–H and O–H groups in total. The van der Waals surface area contributed by atoms with Crippen LogP contribution < -0.4 is 0 Å². The molecule has 20 heavy (non-hydrogen) atoms. The van der Waals surface area contributed by atoms with Gasteiger partial charge in [0, 0.05) is 13.2 Å². The van der Waals surface area contributed by atoms with Crippen LogP contribution in [-0.4, -0.2) is 43.9 Å². The third kappa shape index (κ3) is 9.70. The fourth-order valence-electron chi connectivity index (χ4n) is 2.48. The molecule has 0 aromatic rings. The molecule has 0 spiro atoms. The molecule has 6 heteroatoms. The van der Waals surface area contributed by atoms with Gasteiger partial charge in [0.05, 0.1) is 12.7 Å². The van der Waals surface area contributed by atoms with Gasteiger partial charge in [-0.05, 0) is 51.1 Å². The zero-order valence-corrected chi connectivity index (χ0v) is 15.7. The molecule has 122 valence electrons. The quantitative estimate of drug-likeness (QED) is 0.455. The van der Waals surface area contributed by atoms with Crippen molar-refractivity contribution in [3.63, 3.8) is 0 Å². The largest absolute Gasteiger partial charge is 0.329 e. The molecule has 1 heterocycles. The van der Waals surface area contributed by atoms with Crippen LogP contribution in [0.1, 0.15) is 52.4 Å². The SMILES string of the molecule is CCCCCOP(C)(=S)OC(C)CN1CCCCC1.Cl. The lowest BCUT2D eigenvalue weighted by Crippen LogP contribution is -2.36. The first kappa shape index (κ1) is 20.8. The number of piperidine rings is 1. The molecular weight excluding hydrogens is 313 g/mol. The van der Waals surface area contributed by atoms with Crippen molar-refractivity contribution in [2.45, 2.75) is 58.5 Å². The van der Waals surface area contributed by atoms with E-state index in [1.807, 2.05) is 6.66 Å². The van der Waals surface area contributed by atoms with Gasteiger partial charge in [-0.2, -0.15) is 0 Å². The highest BCUT2D eigenvalue weighted by molar-refractivity contribution is 8.09. The van der Waals surface area contributed by atoms with Gasteiger partial charge in [-0.3, -0.25) is 0 Å². The van der Waals surface area contributed by atoms with E-state index in [0.717, 1.165) is 19.6 Å². The van der Waals surface area contributed by atoms with Gasteiger partial charge in [0.1, 0.15) is 0 Å².